The molecule has 0 bridgehead atoms. The highest BCUT2D eigenvalue weighted by Gasteiger charge is 2.16. The van der Waals surface area contributed by atoms with E-state index in [2.05, 4.69) is 21.2 Å². The Balaban J connectivity index is 1.78. The Bertz CT molecular complexity index is 1180. The molecule has 0 saturated carbocycles. The third kappa shape index (κ3) is 6.47. The zero-order chi connectivity index (χ0) is 23.8. The molecule has 0 aliphatic heterocycles. The maximum Gasteiger partial charge on any atom is 0.262 e. The first-order chi connectivity index (χ1) is 15.9. The van der Waals surface area contributed by atoms with Gasteiger partial charge in [-0.2, -0.15) is 5.26 Å². The number of rotatable bonds is 8. The van der Waals surface area contributed by atoms with Gasteiger partial charge in [-0.25, -0.2) is 0 Å². The molecule has 0 aliphatic carbocycles. The third-order valence-corrected chi connectivity index (χ3v) is 5.80. The van der Waals surface area contributed by atoms with Crippen molar-refractivity contribution >= 4 is 27.9 Å². The average molecular weight is 505 g/mol. The van der Waals surface area contributed by atoms with Crippen LogP contribution in [0, 0.1) is 18.3 Å². The molecule has 3 rings (SSSR count). The molecule has 0 radical (unpaired) electrons. The van der Waals surface area contributed by atoms with Gasteiger partial charge < -0.3 is 14.8 Å². The number of carbonyl (C=O) groups is 1. The number of halogens is 1. The molecule has 33 heavy (non-hydrogen) atoms. The fraction of sp³-hybridized carbons (Fsp3) is 0.185. The summed E-state index contributed by atoms with van der Waals surface area (Å²) >= 11 is 3.52. The second-order valence-electron chi connectivity index (χ2n) is 7.57. The minimum atomic E-state index is -0.445. The van der Waals surface area contributed by atoms with Gasteiger partial charge in [-0.1, -0.05) is 76.1 Å². The quantitative estimate of drug-likeness (QED) is 0.295. The summed E-state index contributed by atoms with van der Waals surface area (Å²) in [5.74, 6) is 0.620. The summed E-state index contributed by atoms with van der Waals surface area (Å²) < 4.78 is 12.1. The first kappa shape index (κ1) is 24.1. The molecule has 0 heterocycles. The second kappa shape index (κ2) is 11.3. The van der Waals surface area contributed by atoms with E-state index in [0.717, 1.165) is 11.1 Å². The summed E-state index contributed by atoms with van der Waals surface area (Å²) in [6, 6.07) is 23.0. The number of methoxy groups -OCH3 is 1. The molecular weight excluding hydrogens is 480 g/mol. The van der Waals surface area contributed by atoms with Crippen molar-refractivity contribution in [3.8, 4) is 17.6 Å². The van der Waals surface area contributed by atoms with Crippen molar-refractivity contribution in [1.29, 1.82) is 5.26 Å². The summed E-state index contributed by atoms with van der Waals surface area (Å²) in [6.07, 6.45) is 1.53. The van der Waals surface area contributed by atoms with Gasteiger partial charge in [0.15, 0.2) is 11.5 Å². The Morgan fingerprint density at radius 1 is 1.12 bits per heavy atom. The van der Waals surface area contributed by atoms with Crippen LogP contribution in [-0.4, -0.2) is 13.0 Å². The minimum absolute atomic E-state index is 0.00569. The van der Waals surface area contributed by atoms with Crippen molar-refractivity contribution in [2.45, 2.75) is 26.5 Å². The first-order valence-electron chi connectivity index (χ1n) is 10.4. The summed E-state index contributed by atoms with van der Waals surface area (Å²) in [6.45, 7) is 4.30. The molecule has 6 heteroatoms. The lowest BCUT2D eigenvalue weighted by atomic mass is 10.1. The summed E-state index contributed by atoms with van der Waals surface area (Å²) in [4.78, 5) is 12.7. The van der Waals surface area contributed by atoms with Crippen LogP contribution in [0.5, 0.6) is 11.5 Å². The largest absolute Gasteiger partial charge is 0.493 e. The van der Waals surface area contributed by atoms with Gasteiger partial charge in [-0.15, -0.1) is 0 Å². The number of nitriles is 1. The molecule has 3 aromatic carbocycles. The molecule has 0 fully saturated rings. The molecule has 168 valence electrons. The van der Waals surface area contributed by atoms with Crippen LogP contribution in [0.1, 0.15) is 35.2 Å². The van der Waals surface area contributed by atoms with Crippen molar-refractivity contribution in [2.24, 2.45) is 0 Å². The lowest BCUT2D eigenvalue weighted by Crippen LogP contribution is -2.27. The monoisotopic (exact) mass is 504 g/mol. The van der Waals surface area contributed by atoms with Crippen LogP contribution in [0.4, 0.5) is 0 Å². The van der Waals surface area contributed by atoms with Gasteiger partial charge in [0.25, 0.3) is 5.91 Å². The molecule has 0 spiro atoms. The van der Waals surface area contributed by atoms with Crippen molar-refractivity contribution < 1.29 is 14.3 Å². The van der Waals surface area contributed by atoms with E-state index in [1.54, 1.807) is 19.2 Å². The Kier molecular flexibility index (Phi) is 8.28. The Labute approximate surface area is 202 Å². The Morgan fingerprint density at radius 2 is 1.82 bits per heavy atom. The van der Waals surface area contributed by atoms with Gasteiger partial charge >= 0.3 is 0 Å². The molecule has 0 unspecified atom stereocenters. The van der Waals surface area contributed by atoms with Crippen molar-refractivity contribution in [2.75, 3.05) is 7.11 Å². The number of amides is 1. The van der Waals surface area contributed by atoms with Crippen LogP contribution in [0.25, 0.3) is 6.08 Å². The van der Waals surface area contributed by atoms with Gasteiger partial charge in [-0.3, -0.25) is 4.79 Å². The van der Waals surface area contributed by atoms with E-state index in [9.17, 15) is 10.1 Å². The minimum Gasteiger partial charge on any atom is -0.493 e. The normalized spacial score (nSPS) is 11.9. The summed E-state index contributed by atoms with van der Waals surface area (Å²) in [7, 11) is 1.55. The number of carbonyl (C=O) groups excluding carboxylic acids is 1. The van der Waals surface area contributed by atoms with E-state index < -0.39 is 5.91 Å². The molecule has 0 aromatic heterocycles. The second-order valence-corrected chi connectivity index (χ2v) is 8.43. The number of hydrogen-bond donors (Lipinski definition) is 1. The van der Waals surface area contributed by atoms with Crippen LogP contribution in [0.2, 0.25) is 0 Å². The average Bonchev–Trinajstić information content (AvgIpc) is 2.83. The standard InChI is InChI=1S/C27H25BrN2O3/c1-18-9-11-20(12-10-18)17-33-26-15-24(28)22(14-25(26)32-3)13-23(16-29)27(31)30-19(2)21-7-5-4-6-8-21/h4-15,19H,17H2,1-3H3,(H,30,31)/b23-13-/t19-/m1/s1. The van der Waals surface area contributed by atoms with Gasteiger partial charge in [-0.05, 0) is 48.7 Å². The van der Waals surface area contributed by atoms with E-state index in [-0.39, 0.29) is 11.6 Å². The highest BCUT2D eigenvalue weighted by molar-refractivity contribution is 9.10. The van der Waals surface area contributed by atoms with Gasteiger partial charge in [0.05, 0.1) is 13.2 Å². The van der Waals surface area contributed by atoms with Crippen molar-refractivity contribution in [3.63, 3.8) is 0 Å². The number of hydrogen-bond acceptors (Lipinski definition) is 4. The molecular formula is C27H25BrN2O3. The molecule has 5 nitrogen and oxygen atoms in total. The zero-order valence-electron chi connectivity index (χ0n) is 18.8. The molecule has 3 aromatic rings. The fourth-order valence-electron chi connectivity index (χ4n) is 3.18. The Morgan fingerprint density at radius 3 is 2.45 bits per heavy atom. The number of nitrogens with zero attached hydrogens (tertiary/aromatic N) is 1. The van der Waals surface area contributed by atoms with Gasteiger partial charge in [0, 0.05) is 4.47 Å². The predicted octanol–water partition coefficient (Wildman–Crippen LogP) is 6.13. The maximum atomic E-state index is 12.7. The van der Waals surface area contributed by atoms with E-state index in [4.69, 9.17) is 9.47 Å². The number of benzene rings is 3. The van der Waals surface area contributed by atoms with E-state index >= 15 is 0 Å². The van der Waals surface area contributed by atoms with E-state index in [1.165, 1.54) is 11.6 Å². The zero-order valence-corrected chi connectivity index (χ0v) is 20.3. The first-order valence-corrected chi connectivity index (χ1v) is 11.2. The van der Waals surface area contributed by atoms with E-state index in [1.807, 2.05) is 74.5 Å². The Hall–Kier alpha value is -3.56. The van der Waals surface area contributed by atoms with E-state index in [0.29, 0.717) is 28.1 Å². The molecule has 1 amide bonds. The summed E-state index contributed by atoms with van der Waals surface area (Å²) in [5.41, 5.74) is 3.81. The smallest absolute Gasteiger partial charge is 0.262 e. The highest BCUT2D eigenvalue weighted by Crippen LogP contribution is 2.35. The molecule has 0 aliphatic rings. The SMILES string of the molecule is COc1cc(/C=C(/C#N)C(=O)N[C@H](C)c2ccccc2)c(Br)cc1OCc1ccc(C)cc1. The predicted molar refractivity (Wildman–Crippen MR) is 133 cm³/mol. The van der Waals surface area contributed by atoms with Crippen LogP contribution in [0.15, 0.2) is 76.8 Å². The van der Waals surface area contributed by atoms with Crippen LogP contribution in [-0.2, 0) is 11.4 Å². The van der Waals surface area contributed by atoms with Crippen LogP contribution in [0.3, 0.4) is 0 Å². The number of nitrogens with one attached hydrogen (secondary N) is 1. The van der Waals surface area contributed by atoms with Gasteiger partial charge in [0.2, 0.25) is 0 Å². The van der Waals surface area contributed by atoms with Gasteiger partial charge in [0.1, 0.15) is 18.2 Å². The fourth-order valence-corrected chi connectivity index (χ4v) is 3.62. The van der Waals surface area contributed by atoms with Crippen molar-refractivity contribution in [3.05, 3.63) is 99.0 Å². The maximum absolute atomic E-state index is 12.7. The third-order valence-electron chi connectivity index (χ3n) is 5.11. The lowest BCUT2D eigenvalue weighted by molar-refractivity contribution is -0.117. The molecule has 1 atom stereocenters. The van der Waals surface area contributed by atoms with Crippen molar-refractivity contribution in [1.82, 2.24) is 5.32 Å². The topological polar surface area (TPSA) is 71.3 Å². The molecule has 0 saturated heterocycles. The van der Waals surface area contributed by atoms with Crippen LogP contribution < -0.4 is 14.8 Å². The highest BCUT2D eigenvalue weighted by atomic mass is 79.9. The number of ether oxygens (including phenoxy) is 2. The van der Waals surface area contributed by atoms with Crippen LogP contribution >= 0.6 is 15.9 Å². The number of aryl methyl sites for hydroxylation is 1. The molecule has 1 N–H and O–H groups in total. The summed E-state index contributed by atoms with van der Waals surface area (Å²) in [5, 5.41) is 12.5. The lowest BCUT2D eigenvalue weighted by Gasteiger charge is -2.15.